The number of guanidine groups is 1. The number of nitrogens with one attached hydrogen (secondary N) is 3. The van der Waals surface area contributed by atoms with Gasteiger partial charge in [-0.1, -0.05) is 19.9 Å². The molecule has 26 heavy (non-hydrogen) atoms. The average Bonchev–Trinajstić information content (AvgIpc) is 3.31. The van der Waals surface area contributed by atoms with E-state index in [9.17, 15) is 9.59 Å². The van der Waals surface area contributed by atoms with Crippen molar-refractivity contribution in [2.24, 2.45) is 10.9 Å². The van der Waals surface area contributed by atoms with Gasteiger partial charge in [-0.25, -0.2) is 0 Å². The molecule has 0 radical (unpaired) electrons. The van der Waals surface area contributed by atoms with Gasteiger partial charge in [0.05, 0.1) is 4.88 Å². The van der Waals surface area contributed by atoms with E-state index in [4.69, 9.17) is 0 Å². The zero-order chi connectivity index (χ0) is 18.9. The van der Waals surface area contributed by atoms with Gasteiger partial charge in [0.25, 0.3) is 5.91 Å². The minimum absolute atomic E-state index is 0.0247. The first-order valence-corrected chi connectivity index (χ1v) is 9.97. The maximum Gasteiger partial charge on any atom is 0.261 e. The van der Waals surface area contributed by atoms with Crippen LogP contribution in [0.3, 0.4) is 0 Å². The number of thiophene rings is 1. The molecule has 1 aliphatic rings. The minimum atomic E-state index is -0.0247. The second-order valence-corrected chi connectivity index (χ2v) is 7.60. The number of aliphatic imine (C=N–C) groups is 1. The van der Waals surface area contributed by atoms with Crippen molar-refractivity contribution in [2.75, 3.05) is 33.2 Å². The van der Waals surface area contributed by atoms with E-state index < -0.39 is 0 Å². The number of nitrogens with zero attached hydrogens (tertiary/aromatic N) is 2. The molecule has 7 nitrogen and oxygen atoms in total. The first-order valence-electron chi connectivity index (χ1n) is 9.09. The third kappa shape index (κ3) is 6.01. The summed E-state index contributed by atoms with van der Waals surface area (Å²) >= 11 is 1.44. The molecule has 2 rings (SSSR count). The maximum absolute atomic E-state index is 12.0. The SMILES string of the molecule is CN=C(NCCCNC(=O)c1cccs1)NC1CCN(C(=O)C(C)C)C1. The largest absolute Gasteiger partial charge is 0.356 e. The van der Waals surface area contributed by atoms with E-state index in [1.807, 2.05) is 36.3 Å². The molecule has 1 aromatic heterocycles. The number of hydrogen-bond acceptors (Lipinski definition) is 4. The Kier molecular flexibility index (Phi) is 7.90. The lowest BCUT2D eigenvalue weighted by molar-refractivity contribution is -0.133. The predicted octanol–water partition coefficient (Wildman–Crippen LogP) is 1.29. The number of amides is 2. The first-order chi connectivity index (χ1) is 12.5. The van der Waals surface area contributed by atoms with Gasteiger partial charge in [0, 0.05) is 45.2 Å². The van der Waals surface area contributed by atoms with Crippen molar-refractivity contribution in [2.45, 2.75) is 32.7 Å². The lowest BCUT2D eigenvalue weighted by Gasteiger charge is -2.20. The molecular formula is C18H29N5O2S. The quantitative estimate of drug-likeness (QED) is 0.379. The summed E-state index contributed by atoms with van der Waals surface area (Å²) in [4.78, 5) is 30.8. The van der Waals surface area contributed by atoms with Crippen LogP contribution < -0.4 is 16.0 Å². The molecule has 2 heterocycles. The van der Waals surface area contributed by atoms with E-state index in [0.29, 0.717) is 19.6 Å². The third-order valence-electron chi connectivity index (χ3n) is 4.23. The summed E-state index contributed by atoms with van der Waals surface area (Å²) in [5.41, 5.74) is 0. The van der Waals surface area contributed by atoms with Crippen molar-refractivity contribution >= 4 is 29.1 Å². The highest BCUT2D eigenvalue weighted by Crippen LogP contribution is 2.12. The molecule has 3 N–H and O–H groups in total. The zero-order valence-electron chi connectivity index (χ0n) is 15.7. The minimum Gasteiger partial charge on any atom is -0.356 e. The number of carbonyl (C=O) groups excluding carboxylic acids is 2. The number of likely N-dealkylation sites (tertiary alicyclic amines) is 1. The highest BCUT2D eigenvalue weighted by Gasteiger charge is 2.27. The maximum atomic E-state index is 12.0. The molecule has 1 atom stereocenters. The molecule has 8 heteroatoms. The van der Waals surface area contributed by atoms with E-state index >= 15 is 0 Å². The summed E-state index contributed by atoms with van der Waals surface area (Å²) in [5, 5.41) is 11.4. The van der Waals surface area contributed by atoms with Crippen LogP contribution in [0.4, 0.5) is 0 Å². The van der Waals surface area contributed by atoms with Crippen LogP contribution in [0, 0.1) is 5.92 Å². The van der Waals surface area contributed by atoms with Gasteiger partial charge in [0.15, 0.2) is 5.96 Å². The Morgan fingerprint density at radius 2 is 2.12 bits per heavy atom. The van der Waals surface area contributed by atoms with Crippen LogP contribution in [0.1, 0.15) is 36.4 Å². The molecule has 144 valence electrons. The van der Waals surface area contributed by atoms with Crippen LogP contribution in [0.25, 0.3) is 0 Å². The van der Waals surface area contributed by atoms with Crippen molar-refractivity contribution in [3.8, 4) is 0 Å². The summed E-state index contributed by atoms with van der Waals surface area (Å²) in [7, 11) is 1.74. The van der Waals surface area contributed by atoms with Crippen molar-refractivity contribution in [3.63, 3.8) is 0 Å². The van der Waals surface area contributed by atoms with Crippen LogP contribution >= 0.6 is 11.3 Å². The lowest BCUT2D eigenvalue weighted by Crippen LogP contribution is -2.45. The summed E-state index contributed by atoms with van der Waals surface area (Å²) in [5.74, 6) is 0.955. The Balaban J connectivity index is 1.62. The molecule has 1 saturated heterocycles. The highest BCUT2D eigenvalue weighted by atomic mass is 32.1. The van der Waals surface area contributed by atoms with Gasteiger partial charge < -0.3 is 20.9 Å². The molecule has 0 aliphatic carbocycles. The van der Waals surface area contributed by atoms with E-state index in [0.717, 1.165) is 30.2 Å². The standard InChI is InChI=1S/C18H29N5O2S/c1-13(2)17(25)23-10-7-14(12-23)22-18(19-3)21-9-5-8-20-16(24)15-6-4-11-26-15/h4,6,11,13-14H,5,7-10,12H2,1-3H3,(H,20,24)(H2,19,21,22). The van der Waals surface area contributed by atoms with Crippen LogP contribution in [0.5, 0.6) is 0 Å². The summed E-state index contributed by atoms with van der Waals surface area (Å²) in [6, 6.07) is 3.91. The van der Waals surface area contributed by atoms with Gasteiger partial charge in [-0.05, 0) is 24.3 Å². The van der Waals surface area contributed by atoms with Gasteiger partial charge in [-0.3, -0.25) is 14.6 Å². The fraction of sp³-hybridized carbons (Fsp3) is 0.611. The highest BCUT2D eigenvalue weighted by molar-refractivity contribution is 7.12. The zero-order valence-corrected chi connectivity index (χ0v) is 16.6. The molecular weight excluding hydrogens is 350 g/mol. The Hall–Kier alpha value is -2.09. The summed E-state index contributed by atoms with van der Waals surface area (Å²) in [6.07, 6.45) is 1.73. The Labute approximate surface area is 159 Å². The molecule has 1 unspecified atom stereocenters. The molecule has 0 saturated carbocycles. The van der Waals surface area contributed by atoms with Gasteiger partial charge in [0.1, 0.15) is 0 Å². The van der Waals surface area contributed by atoms with Gasteiger partial charge in [-0.2, -0.15) is 0 Å². The number of rotatable bonds is 7. The van der Waals surface area contributed by atoms with Crippen LogP contribution in [-0.4, -0.2) is 61.9 Å². The predicted molar refractivity (Wildman–Crippen MR) is 106 cm³/mol. The molecule has 0 spiro atoms. The van der Waals surface area contributed by atoms with E-state index in [2.05, 4.69) is 20.9 Å². The molecule has 2 amide bonds. The lowest BCUT2D eigenvalue weighted by atomic mass is 10.2. The van der Waals surface area contributed by atoms with Crippen molar-refractivity contribution in [1.29, 1.82) is 0 Å². The van der Waals surface area contributed by atoms with Crippen molar-refractivity contribution in [1.82, 2.24) is 20.9 Å². The van der Waals surface area contributed by atoms with E-state index in [-0.39, 0.29) is 23.8 Å². The Morgan fingerprint density at radius 1 is 1.35 bits per heavy atom. The van der Waals surface area contributed by atoms with E-state index in [1.54, 1.807) is 7.05 Å². The normalized spacial score (nSPS) is 17.5. The van der Waals surface area contributed by atoms with Crippen LogP contribution in [-0.2, 0) is 4.79 Å². The van der Waals surface area contributed by atoms with Gasteiger partial charge >= 0.3 is 0 Å². The van der Waals surface area contributed by atoms with Gasteiger partial charge in [0.2, 0.25) is 5.91 Å². The van der Waals surface area contributed by atoms with Crippen molar-refractivity contribution < 1.29 is 9.59 Å². The fourth-order valence-electron chi connectivity index (χ4n) is 2.82. The number of carbonyl (C=O) groups is 2. The smallest absolute Gasteiger partial charge is 0.261 e. The second-order valence-electron chi connectivity index (χ2n) is 6.65. The fourth-order valence-corrected chi connectivity index (χ4v) is 3.46. The summed E-state index contributed by atoms with van der Waals surface area (Å²) < 4.78 is 0. The first kappa shape index (κ1) is 20.2. The number of hydrogen-bond donors (Lipinski definition) is 3. The van der Waals surface area contributed by atoms with Crippen molar-refractivity contribution in [3.05, 3.63) is 22.4 Å². The monoisotopic (exact) mass is 379 g/mol. The topological polar surface area (TPSA) is 85.8 Å². The Bertz CT molecular complexity index is 615. The molecule has 1 aromatic rings. The Morgan fingerprint density at radius 3 is 2.77 bits per heavy atom. The molecule has 1 fully saturated rings. The van der Waals surface area contributed by atoms with Gasteiger partial charge in [-0.15, -0.1) is 11.3 Å². The van der Waals surface area contributed by atoms with Crippen LogP contribution in [0.15, 0.2) is 22.5 Å². The molecule has 0 bridgehead atoms. The van der Waals surface area contributed by atoms with Crippen LogP contribution in [0.2, 0.25) is 0 Å². The third-order valence-corrected chi connectivity index (χ3v) is 5.10. The second kappa shape index (κ2) is 10.2. The summed E-state index contributed by atoms with van der Waals surface area (Å²) in [6.45, 7) is 6.70. The molecule has 1 aliphatic heterocycles. The average molecular weight is 380 g/mol. The van der Waals surface area contributed by atoms with E-state index in [1.165, 1.54) is 11.3 Å². The molecule has 0 aromatic carbocycles.